The molecule has 0 saturated heterocycles. The van der Waals surface area contributed by atoms with Gasteiger partial charge in [-0.2, -0.15) is 5.06 Å². The topological polar surface area (TPSA) is 70.7 Å². The fraction of sp³-hybridized carbons (Fsp3) is 0.176. The van der Waals surface area contributed by atoms with Crippen LogP contribution in [0.25, 0.3) is 0 Å². The van der Waals surface area contributed by atoms with E-state index < -0.39 is 18.0 Å². The molecule has 3 amide bonds. The molecule has 1 atom stereocenters. The fourth-order valence-corrected chi connectivity index (χ4v) is 2.56. The first-order valence-corrected chi connectivity index (χ1v) is 8.61. The van der Waals surface area contributed by atoms with Gasteiger partial charge in [-0.05, 0) is 37.3 Å². The molecule has 6 nitrogen and oxygen atoms in total. The lowest BCUT2D eigenvalue weighted by Gasteiger charge is -2.26. The van der Waals surface area contributed by atoms with Gasteiger partial charge in [0.1, 0.15) is 6.04 Å². The molecule has 138 valence electrons. The van der Waals surface area contributed by atoms with E-state index in [2.05, 4.69) is 10.6 Å². The third-order valence-corrected chi connectivity index (χ3v) is 4.50. The molecule has 2 aromatic rings. The minimum Gasteiger partial charge on any atom is -0.323 e. The predicted octanol–water partition coefficient (Wildman–Crippen LogP) is 5.07. The first kappa shape index (κ1) is 20.3. The van der Waals surface area contributed by atoms with Crippen LogP contribution in [0.2, 0.25) is 15.1 Å². The number of carbonyl (C=O) groups is 2. The normalized spacial score (nSPS) is 11.6. The summed E-state index contributed by atoms with van der Waals surface area (Å²) >= 11 is 17.8. The third kappa shape index (κ3) is 5.02. The number of nitrogens with one attached hydrogen (secondary N) is 2. The Morgan fingerprint density at radius 2 is 1.69 bits per heavy atom. The maximum Gasteiger partial charge on any atom is 0.346 e. The molecule has 0 radical (unpaired) electrons. The number of hydrogen-bond acceptors (Lipinski definition) is 3. The minimum atomic E-state index is -0.931. The molecule has 0 bridgehead atoms. The lowest BCUT2D eigenvalue weighted by Crippen LogP contribution is -2.46. The Hall–Kier alpha value is -1.99. The molecule has 0 saturated carbocycles. The van der Waals surface area contributed by atoms with Gasteiger partial charge in [-0.25, -0.2) is 4.79 Å². The highest BCUT2D eigenvalue weighted by Crippen LogP contribution is 2.25. The molecule has 0 aliphatic heterocycles. The number of amides is 3. The quantitative estimate of drug-likeness (QED) is 0.669. The van der Waals surface area contributed by atoms with Crippen LogP contribution in [0.4, 0.5) is 16.2 Å². The van der Waals surface area contributed by atoms with Crippen molar-refractivity contribution >= 4 is 58.1 Å². The molecule has 1 unspecified atom stereocenters. The van der Waals surface area contributed by atoms with Gasteiger partial charge in [0.15, 0.2) is 0 Å². The van der Waals surface area contributed by atoms with Gasteiger partial charge in [-0.3, -0.25) is 9.63 Å². The summed E-state index contributed by atoms with van der Waals surface area (Å²) in [5.74, 6) is -0.468. The highest BCUT2D eigenvalue weighted by atomic mass is 35.5. The standard InChI is InChI=1S/C17H16Cl3N3O3/c1-10(16(24)22-15-6-4-3-5-13(15)19)23(26-2)17(25)21-11-7-8-12(18)14(20)9-11/h3-10H,1-2H3,(H,21,25)(H,22,24). The summed E-state index contributed by atoms with van der Waals surface area (Å²) in [6, 6.07) is 9.81. The molecule has 2 N–H and O–H groups in total. The average Bonchev–Trinajstić information content (AvgIpc) is 2.60. The number of halogens is 3. The Morgan fingerprint density at radius 1 is 1.00 bits per heavy atom. The smallest absolute Gasteiger partial charge is 0.323 e. The predicted molar refractivity (Wildman–Crippen MR) is 104 cm³/mol. The third-order valence-electron chi connectivity index (χ3n) is 3.43. The molecule has 0 aliphatic carbocycles. The molecular weight excluding hydrogens is 401 g/mol. The van der Waals surface area contributed by atoms with E-state index in [1.165, 1.54) is 20.1 Å². The van der Waals surface area contributed by atoms with E-state index >= 15 is 0 Å². The van der Waals surface area contributed by atoms with Crippen molar-refractivity contribution in [2.24, 2.45) is 0 Å². The van der Waals surface area contributed by atoms with Crippen LogP contribution in [0.3, 0.4) is 0 Å². The maximum absolute atomic E-state index is 12.4. The minimum absolute atomic E-state index is 0.290. The molecule has 0 aromatic heterocycles. The van der Waals surface area contributed by atoms with E-state index in [9.17, 15) is 9.59 Å². The summed E-state index contributed by atoms with van der Waals surface area (Å²) < 4.78 is 0. The molecule has 26 heavy (non-hydrogen) atoms. The van der Waals surface area contributed by atoms with Gasteiger partial charge in [0.2, 0.25) is 5.91 Å². The van der Waals surface area contributed by atoms with Gasteiger partial charge in [0.25, 0.3) is 0 Å². The van der Waals surface area contributed by atoms with E-state index in [0.29, 0.717) is 21.4 Å². The second kappa shape index (κ2) is 9.09. The molecular formula is C17H16Cl3N3O3. The van der Waals surface area contributed by atoms with Crippen LogP contribution in [0.15, 0.2) is 42.5 Å². The first-order chi connectivity index (χ1) is 12.3. The van der Waals surface area contributed by atoms with Gasteiger partial charge in [0, 0.05) is 5.69 Å². The van der Waals surface area contributed by atoms with Crippen LogP contribution in [0.1, 0.15) is 6.92 Å². The molecule has 2 rings (SSSR count). The molecule has 0 spiro atoms. The van der Waals surface area contributed by atoms with Gasteiger partial charge in [0.05, 0.1) is 27.9 Å². The zero-order valence-corrected chi connectivity index (χ0v) is 16.2. The number of rotatable bonds is 5. The summed E-state index contributed by atoms with van der Waals surface area (Å²) in [5, 5.41) is 7.17. The van der Waals surface area contributed by atoms with E-state index in [-0.39, 0.29) is 5.02 Å². The fourth-order valence-electron chi connectivity index (χ4n) is 2.08. The zero-order valence-electron chi connectivity index (χ0n) is 13.9. The highest BCUT2D eigenvalue weighted by Gasteiger charge is 2.27. The van der Waals surface area contributed by atoms with Crippen LogP contribution in [0, 0.1) is 0 Å². The second-order valence-electron chi connectivity index (χ2n) is 5.21. The first-order valence-electron chi connectivity index (χ1n) is 7.48. The summed E-state index contributed by atoms with van der Waals surface area (Å²) in [6.45, 7) is 1.52. The monoisotopic (exact) mass is 415 g/mol. The maximum atomic E-state index is 12.4. The number of hydroxylamine groups is 2. The Kier molecular flexibility index (Phi) is 7.11. The van der Waals surface area contributed by atoms with Crippen LogP contribution >= 0.6 is 34.8 Å². The Labute approximate surface area is 165 Å². The van der Waals surface area contributed by atoms with Crippen LogP contribution in [0.5, 0.6) is 0 Å². The summed E-state index contributed by atoms with van der Waals surface area (Å²) in [6.07, 6.45) is 0. The Morgan fingerprint density at radius 3 is 2.31 bits per heavy atom. The van der Waals surface area contributed by atoms with Gasteiger partial charge < -0.3 is 10.6 Å². The van der Waals surface area contributed by atoms with Crippen molar-refractivity contribution in [2.75, 3.05) is 17.7 Å². The number of nitrogens with zero attached hydrogens (tertiary/aromatic N) is 1. The lowest BCUT2D eigenvalue weighted by molar-refractivity contribution is -0.141. The number of hydrogen-bond donors (Lipinski definition) is 2. The molecule has 2 aromatic carbocycles. The average molecular weight is 417 g/mol. The van der Waals surface area contributed by atoms with Crippen molar-refractivity contribution in [3.63, 3.8) is 0 Å². The van der Waals surface area contributed by atoms with Crippen LogP contribution in [-0.4, -0.2) is 30.2 Å². The number of urea groups is 1. The molecule has 0 aliphatic rings. The largest absolute Gasteiger partial charge is 0.346 e. The second-order valence-corrected chi connectivity index (χ2v) is 6.43. The number of para-hydroxylation sites is 1. The van der Waals surface area contributed by atoms with Crippen molar-refractivity contribution in [3.05, 3.63) is 57.5 Å². The number of benzene rings is 2. The SMILES string of the molecule is CON(C(=O)Nc1ccc(Cl)c(Cl)c1)C(C)C(=O)Nc1ccccc1Cl. The van der Waals surface area contributed by atoms with Crippen LogP contribution < -0.4 is 10.6 Å². The summed E-state index contributed by atoms with van der Waals surface area (Å²) in [5.41, 5.74) is 0.845. The van der Waals surface area contributed by atoms with Crippen LogP contribution in [-0.2, 0) is 9.63 Å². The summed E-state index contributed by atoms with van der Waals surface area (Å²) in [7, 11) is 1.29. The number of carbonyl (C=O) groups excluding carboxylic acids is 2. The van der Waals surface area contributed by atoms with Crippen molar-refractivity contribution in [3.8, 4) is 0 Å². The van der Waals surface area contributed by atoms with Crippen molar-refractivity contribution in [1.82, 2.24) is 5.06 Å². The molecule has 0 heterocycles. The van der Waals surface area contributed by atoms with Gasteiger partial charge >= 0.3 is 6.03 Å². The lowest BCUT2D eigenvalue weighted by atomic mass is 10.2. The van der Waals surface area contributed by atoms with Crippen molar-refractivity contribution in [1.29, 1.82) is 0 Å². The van der Waals surface area contributed by atoms with E-state index in [1.54, 1.807) is 36.4 Å². The molecule has 0 fully saturated rings. The summed E-state index contributed by atoms with van der Waals surface area (Å²) in [4.78, 5) is 29.9. The zero-order chi connectivity index (χ0) is 19.3. The van der Waals surface area contributed by atoms with E-state index in [4.69, 9.17) is 39.6 Å². The van der Waals surface area contributed by atoms with Gasteiger partial charge in [-0.15, -0.1) is 0 Å². The Balaban J connectivity index is 2.07. The van der Waals surface area contributed by atoms with Crippen molar-refractivity contribution < 1.29 is 14.4 Å². The molecule has 9 heteroatoms. The van der Waals surface area contributed by atoms with Crippen molar-refractivity contribution in [2.45, 2.75) is 13.0 Å². The van der Waals surface area contributed by atoms with E-state index in [1.807, 2.05) is 0 Å². The van der Waals surface area contributed by atoms with E-state index in [0.717, 1.165) is 5.06 Å². The highest BCUT2D eigenvalue weighted by molar-refractivity contribution is 6.42. The number of anilines is 2. The Bertz CT molecular complexity index is 817. The van der Waals surface area contributed by atoms with Gasteiger partial charge in [-0.1, -0.05) is 46.9 Å².